The molecule has 27 heavy (non-hydrogen) atoms. The number of ether oxygens (including phenoxy) is 1. The smallest absolute Gasteiger partial charge is 0.315 e. The minimum Gasteiger partial charge on any atom is -0.497 e. The van der Waals surface area contributed by atoms with Crippen molar-refractivity contribution >= 4 is 28.1 Å². The molecule has 1 atom stereocenters. The number of benzene rings is 2. The van der Waals surface area contributed by atoms with Crippen molar-refractivity contribution in [3.8, 4) is 5.75 Å². The molecule has 0 fully saturated rings. The number of hydrogen-bond acceptors (Lipinski definition) is 4. The number of thiophene rings is 1. The molecule has 0 bridgehead atoms. The standard InChI is InChI=1S/C21H25N3O2S/c1-24(2)19(20-5-4-10-27-20)14-23-21(25)22-13-15-6-7-17-12-18(26-3)9-8-16(17)11-15/h4-12,19H,13-14H2,1-3H3,(H2,22,23,25). The number of hydrogen-bond donors (Lipinski definition) is 2. The molecule has 1 heterocycles. The van der Waals surface area contributed by atoms with E-state index < -0.39 is 0 Å². The number of rotatable bonds is 7. The number of nitrogens with one attached hydrogen (secondary N) is 2. The van der Waals surface area contributed by atoms with Gasteiger partial charge in [-0.2, -0.15) is 0 Å². The summed E-state index contributed by atoms with van der Waals surface area (Å²) in [7, 11) is 5.71. The normalized spacial score (nSPS) is 12.1. The van der Waals surface area contributed by atoms with Gasteiger partial charge in [0, 0.05) is 18.0 Å². The van der Waals surface area contributed by atoms with Gasteiger partial charge >= 0.3 is 6.03 Å². The predicted molar refractivity (Wildman–Crippen MR) is 111 cm³/mol. The summed E-state index contributed by atoms with van der Waals surface area (Å²) < 4.78 is 5.25. The summed E-state index contributed by atoms with van der Waals surface area (Å²) in [5, 5.41) is 10.2. The Balaban J connectivity index is 1.55. The second-order valence-corrected chi connectivity index (χ2v) is 7.59. The number of nitrogens with zero attached hydrogens (tertiary/aromatic N) is 1. The molecule has 0 saturated carbocycles. The summed E-state index contributed by atoms with van der Waals surface area (Å²) in [5.41, 5.74) is 1.06. The number of amides is 2. The van der Waals surface area contributed by atoms with Gasteiger partial charge in [-0.25, -0.2) is 4.79 Å². The minimum atomic E-state index is -0.159. The first-order chi connectivity index (χ1) is 13.1. The molecule has 2 aromatic carbocycles. The molecule has 2 amide bonds. The van der Waals surface area contributed by atoms with E-state index in [0.29, 0.717) is 13.1 Å². The highest BCUT2D eigenvalue weighted by molar-refractivity contribution is 7.10. The van der Waals surface area contributed by atoms with Gasteiger partial charge in [-0.05, 0) is 60.1 Å². The van der Waals surface area contributed by atoms with Crippen LogP contribution in [0.15, 0.2) is 53.9 Å². The lowest BCUT2D eigenvalue weighted by Gasteiger charge is -2.23. The molecule has 0 aliphatic rings. The van der Waals surface area contributed by atoms with Crippen LogP contribution in [0.2, 0.25) is 0 Å². The van der Waals surface area contributed by atoms with Crippen LogP contribution >= 0.6 is 11.3 Å². The molecule has 6 heteroatoms. The maximum atomic E-state index is 12.2. The van der Waals surface area contributed by atoms with Gasteiger partial charge in [-0.15, -0.1) is 11.3 Å². The van der Waals surface area contributed by atoms with Crippen molar-refractivity contribution in [3.05, 3.63) is 64.4 Å². The van der Waals surface area contributed by atoms with Gasteiger partial charge < -0.3 is 20.3 Å². The molecule has 0 saturated heterocycles. The summed E-state index contributed by atoms with van der Waals surface area (Å²) in [6, 6.07) is 16.3. The first-order valence-electron chi connectivity index (χ1n) is 8.85. The fourth-order valence-corrected chi connectivity index (χ4v) is 3.89. The molecule has 1 unspecified atom stereocenters. The Kier molecular flexibility index (Phi) is 6.32. The molecule has 3 rings (SSSR count). The fraction of sp³-hybridized carbons (Fsp3) is 0.286. The quantitative estimate of drug-likeness (QED) is 0.648. The van der Waals surface area contributed by atoms with Gasteiger partial charge in [-0.3, -0.25) is 0 Å². The monoisotopic (exact) mass is 383 g/mol. The van der Waals surface area contributed by atoms with E-state index in [1.807, 2.05) is 50.5 Å². The zero-order valence-corrected chi connectivity index (χ0v) is 16.7. The second-order valence-electron chi connectivity index (χ2n) is 6.61. The van der Waals surface area contributed by atoms with E-state index in [0.717, 1.165) is 22.1 Å². The van der Waals surface area contributed by atoms with Crippen LogP contribution in [0.3, 0.4) is 0 Å². The molecule has 5 nitrogen and oxygen atoms in total. The largest absolute Gasteiger partial charge is 0.497 e. The Morgan fingerprint density at radius 2 is 1.89 bits per heavy atom. The first kappa shape index (κ1) is 19.2. The van der Waals surface area contributed by atoms with Crippen molar-refractivity contribution in [3.63, 3.8) is 0 Å². The van der Waals surface area contributed by atoms with E-state index >= 15 is 0 Å². The minimum absolute atomic E-state index is 0.159. The number of carbonyl (C=O) groups is 1. The van der Waals surface area contributed by atoms with Crippen LogP contribution in [0.5, 0.6) is 5.75 Å². The van der Waals surface area contributed by atoms with E-state index in [9.17, 15) is 4.79 Å². The third-order valence-corrected chi connectivity index (χ3v) is 5.49. The maximum absolute atomic E-state index is 12.2. The molecule has 0 aliphatic carbocycles. The molecule has 142 valence electrons. The zero-order valence-electron chi connectivity index (χ0n) is 15.9. The maximum Gasteiger partial charge on any atom is 0.315 e. The lowest BCUT2D eigenvalue weighted by Crippen LogP contribution is -2.40. The third kappa shape index (κ3) is 4.99. The number of likely N-dealkylation sites (N-methyl/N-ethyl adjacent to an activating group) is 1. The molecule has 0 spiro atoms. The Hall–Kier alpha value is -2.57. The zero-order chi connectivity index (χ0) is 19.2. The number of urea groups is 1. The number of methoxy groups -OCH3 is 1. The van der Waals surface area contributed by atoms with Gasteiger partial charge in [-0.1, -0.05) is 24.3 Å². The van der Waals surface area contributed by atoms with E-state index in [2.05, 4.69) is 33.0 Å². The van der Waals surface area contributed by atoms with Gasteiger partial charge in [0.15, 0.2) is 0 Å². The fourth-order valence-electron chi connectivity index (χ4n) is 2.96. The highest BCUT2D eigenvalue weighted by atomic mass is 32.1. The molecule has 2 N–H and O–H groups in total. The average Bonchev–Trinajstić information content (AvgIpc) is 3.20. The average molecular weight is 384 g/mol. The van der Waals surface area contributed by atoms with Gasteiger partial charge in [0.2, 0.25) is 0 Å². The highest BCUT2D eigenvalue weighted by Crippen LogP contribution is 2.23. The van der Waals surface area contributed by atoms with Gasteiger partial charge in [0.25, 0.3) is 0 Å². The Morgan fingerprint density at radius 1 is 1.11 bits per heavy atom. The van der Waals surface area contributed by atoms with Gasteiger partial charge in [0.05, 0.1) is 13.2 Å². The van der Waals surface area contributed by atoms with Crippen molar-refractivity contribution in [1.29, 1.82) is 0 Å². The van der Waals surface area contributed by atoms with Crippen molar-refractivity contribution in [2.45, 2.75) is 12.6 Å². The van der Waals surface area contributed by atoms with E-state index in [4.69, 9.17) is 4.74 Å². The molecule has 0 radical (unpaired) electrons. The van der Waals surface area contributed by atoms with Crippen molar-refractivity contribution in [1.82, 2.24) is 15.5 Å². The summed E-state index contributed by atoms with van der Waals surface area (Å²) in [5.74, 6) is 0.842. The van der Waals surface area contributed by atoms with Crippen molar-refractivity contribution < 1.29 is 9.53 Å². The Labute approximate surface area is 163 Å². The van der Waals surface area contributed by atoms with Crippen LogP contribution in [0.25, 0.3) is 10.8 Å². The highest BCUT2D eigenvalue weighted by Gasteiger charge is 2.16. The summed E-state index contributed by atoms with van der Waals surface area (Å²) >= 11 is 1.70. The summed E-state index contributed by atoms with van der Waals surface area (Å²) in [6.45, 7) is 1.05. The van der Waals surface area contributed by atoms with Crippen LogP contribution in [0.4, 0.5) is 4.79 Å². The molecular formula is C21H25N3O2S. The lowest BCUT2D eigenvalue weighted by molar-refractivity contribution is 0.233. The SMILES string of the molecule is COc1ccc2cc(CNC(=O)NCC(c3cccs3)N(C)C)ccc2c1. The summed E-state index contributed by atoms with van der Waals surface area (Å²) in [4.78, 5) is 15.6. The topological polar surface area (TPSA) is 53.6 Å². The third-order valence-electron chi connectivity index (χ3n) is 4.52. The molecule has 1 aromatic heterocycles. The first-order valence-corrected chi connectivity index (χ1v) is 9.73. The van der Waals surface area contributed by atoms with E-state index in [-0.39, 0.29) is 12.1 Å². The van der Waals surface area contributed by atoms with Crippen LogP contribution in [0.1, 0.15) is 16.5 Å². The van der Waals surface area contributed by atoms with Gasteiger partial charge in [0.1, 0.15) is 5.75 Å². The van der Waals surface area contributed by atoms with Crippen LogP contribution in [-0.2, 0) is 6.54 Å². The van der Waals surface area contributed by atoms with E-state index in [1.165, 1.54) is 4.88 Å². The summed E-state index contributed by atoms with van der Waals surface area (Å²) in [6.07, 6.45) is 0. The number of carbonyl (C=O) groups excluding carboxylic acids is 1. The Bertz CT molecular complexity index is 894. The predicted octanol–water partition coefficient (Wildman–Crippen LogP) is 4.01. The van der Waals surface area contributed by atoms with Crippen molar-refractivity contribution in [2.24, 2.45) is 0 Å². The molecule has 3 aromatic rings. The molecule has 0 aliphatic heterocycles. The second kappa shape index (κ2) is 8.88. The van der Waals surface area contributed by atoms with E-state index in [1.54, 1.807) is 18.4 Å². The van der Waals surface area contributed by atoms with Crippen molar-refractivity contribution in [2.75, 3.05) is 27.7 Å². The van der Waals surface area contributed by atoms with Crippen LogP contribution in [-0.4, -0.2) is 38.7 Å². The van der Waals surface area contributed by atoms with Crippen LogP contribution < -0.4 is 15.4 Å². The van der Waals surface area contributed by atoms with Crippen LogP contribution in [0, 0.1) is 0 Å². The Morgan fingerprint density at radius 3 is 2.59 bits per heavy atom. The lowest BCUT2D eigenvalue weighted by atomic mass is 10.1. The molecular weight excluding hydrogens is 358 g/mol. The number of fused-ring (bicyclic) bond motifs is 1.